The maximum absolute atomic E-state index is 5.47. The summed E-state index contributed by atoms with van der Waals surface area (Å²) < 4.78 is 3.96. The van der Waals surface area contributed by atoms with Crippen molar-refractivity contribution in [3.05, 3.63) is 24.2 Å². The van der Waals surface area contributed by atoms with Crippen LogP contribution < -0.4 is 5.73 Å². The monoisotopic (exact) mass is 164 g/mol. The zero-order valence-electron chi connectivity index (χ0n) is 7.07. The predicted octanol–water partition coefficient (Wildman–Crippen LogP) is 0.403. The average Bonchev–Trinajstić information content (AvgIpc) is 2.52. The van der Waals surface area contributed by atoms with Crippen LogP contribution in [-0.2, 0) is 6.54 Å². The van der Waals surface area contributed by atoms with E-state index in [1.165, 1.54) is 0 Å². The lowest BCUT2D eigenvalue weighted by atomic mass is 10.5. The van der Waals surface area contributed by atoms with Crippen molar-refractivity contribution in [1.29, 1.82) is 0 Å². The van der Waals surface area contributed by atoms with Crippen LogP contribution in [0, 0.1) is 6.92 Å². The predicted molar refractivity (Wildman–Crippen MR) is 47.0 cm³/mol. The van der Waals surface area contributed by atoms with Crippen LogP contribution in [0.25, 0.3) is 5.65 Å². The summed E-state index contributed by atoms with van der Waals surface area (Å²) in [7, 11) is 0. The molecule has 2 aromatic rings. The number of imidazole rings is 1. The molecule has 0 bridgehead atoms. The van der Waals surface area contributed by atoms with Gasteiger partial charge in [-0.05, 0) is 6.92 Å². The molecular weight excluding hydrogens is 152 g/mol. The number of hydrogen-bond acceptors (Lipinski definition) is 2. The molecule has 0 aromatic carbocycles. The molecule has 0 spiro atoms. The molecule has 0 amide bonds. The Hall–Kier alpha value is -1.29. The van der Waals surface area contributed by atoms with E-state index in [9.17, 15) is 0 Å². The van der Waals surface area contributed by atoms with Gasteiger partial charge < -0.3 is 10.3 Å². The fourth-order valence-electron chi connectivity index (χ4n) is 1.38. The lowest BCUT2D eigenvalue weighted by molar-refractivity contribution is 0.730. The van der Waals surface area contributed by atoms with E-state index in [2.05, 4.69) is 15.7 Å². The molecule has 2 rings (SSSR count). The Bertz CT molecular complexity index is 385. The normalized spacial score (nSPS) is 11.2. The third kappa shape index (κ3) is 1.00. The average molecular weight is 164 g/mol. The highest BCUT2D eigenvalue weighted by Gasteiger charge is 2.01. The fourth-order valence-corrected chi connectivity index (χ4v) is 1.38. The maximum atomic E-state index is 5.47. The van der Waals surface area contributed by atoms with Crippen molar-refractivity contribution in [2.75, 3.05) is 6.54 Å². The van der Waals surface area contributed by atoms with Crippen LogP contribution >= 0.6 is 0 Å². The van der Waals surface area contributed by atoms with Crippen molar-refractivity contribution in [2.24, 2.45) is 5.73 Å². The van der Waals surface area contributed by atoms with Gasteiger partial charge in [0.15, 0.2) is 0 Å². The molecule has 64 valence electrons. The van der Waals surface area contributed by atoms with Crippen LogP contribution in [0.2, 0.25) is 0 Å². The Kier molecular flexibility index (Phi) is 1.62. The molecule has 4 heteroatoms. The fraction of sp³-hybridized carbons (Fsp3) is 0.375. The molecule has 0 saturated heterocycles. The second-order valence-corrected chi connectivity index (χ2v) is 2.87. The van der Waals surface area contributed by atoms with Gasteiger partial charge in [0.1, 0.15) is 5.65 Å². The number of rotatable bonds is 2. The van der Waals surface area contributed by atoms with Gasteiger partial charge in [0, 0.05) is 31.5 Å². The summed E-state index contributed by atoms with van der Waals surface area (Å²) in [6.45, 7) is 3.50. The Morgan fingerprint density at radius 3 is 3.08 bits per heavy atom. The van der Waals surface area contributed by atoms with Crippen molar-refractivity contribution >= 4 is 5.65 Å². The first-order chi connectivity index (χ1) is 5.81. The molecule has 2 heterocycles. The summed E-state index contributed by atoms with van der Waals surface area (Å²) in [4.78, 5) is 0. The third-order valence-corrected chi connectivity index (χ3v) is 1.89. The van der Waals surface area contributed by atoms with Crippen LogP contribution in [0.5, 0.6) is 0 Å². The minimum Gasteiger partial charge on any atom is -0.330 e. The number of hydrogen-bond donors (Lipinski definition) is 1. The van der Waals surface area contributed by atoms with Crippen molar-refractivity contribution in [2.45, 2.75) is 13.5 Å². The highest BCUT2D eigenvalue weighted by molar-refractivity contribution is 5.40. The minimum absolute atomic E-state index is 0.661. The van der Waals surface area contributed by atoms with Gasteiger partial charge in [0.2, 0.25) is 0 Å². The molecular formula is C8H12N4. The molecule has 0 radical (unpaired) electrons. The van der Waals surface area contributed by atoms with E-state index in [0.717, 1.165) is 17.9 Å². The first-order valence-corrected chi connectivity index (χ1v) is 4.02. The van der Waals surface area contributed by atoms with E-state index in [1.54, 1.807) is 0 Å². The number of aryl methyl sites for hydroxylation is 1. The Morgan fingerprint density at radius 1 is 1.50 bits per heavy atom. The molecule has 0 unspecified atom stereocenters. The molecule has 0 aliphatic rings. The molecule has 0 atom stereocenters. The summed E-state index contributed by atoms with van der Waals surface area (Å²) in [6.07, 6.45) is 3.94. The lowest BCUT2D eigenvalue weighted by Gasteiger charge is -1.97. The molecule has 12 heavy (non-hydrogen) atoms. The van der Waals surface area contributed by atoms with Crippen LogP contribution in [-0.4, -0.2) is 20.7 Å². The summed E-state index contributed by atoms with van der Waals surface area (Å²) in [5.41, 5.74) is 7.61. The SMILES string of the molecule is Cc1cc2n(CCN)ccn2n1. The molecule has 4 nitrogen and oxygen atoms in total. The van der Waals surface area contributed by atoms with E-state index in [-0.39, 0.29) is 0 Å². The molecule has 0 aliphatic heterocycles. The van der Waals surface area contributed by atoms with E-state index in [0.29, 0.717) is 6.54 Å². The number of aromatic nitrogens is 3. The Balaban J connectivity index is 2.53. The van der Waals surface area contributed by atoms with Gasteiger partial charge in [-0.2, -0.15) is 5.10 Å². The largest absolute Gasteiger partial charge is 0.330 e. The first kappa shape index (κ1) is 7.36. The van der Waals surface area contributed by atoms with Crippen molar-refractivity contribution < 1.29 is 0 Å². The quantitative estimate of drug-likeness (QED) is 0.698. The molecule has 0 saturated carbocycles. The van der Waals surface area contributed by atoms with Gasteiger partial charge in [-0.25, -0.2) is 4.52 Å². The zero-order chi connectivity index (χ0) is 8.55. The van der Waals surface area contributed by atoms with Gasteiger partial charge in [-0.3, -0.25) is 0 Å². The van der Waals surface area contributed by atoms with E-state index in [1.807, 2.05) is 23.8 Å². The maximum Gasteiger partial charge on any atom is 0.136 e. The van der Waals surface area contributed by atoms with Crippen molar-refractivity contribution in [3.8, 4) is 0 Å². The topological polar surface area (TPSA) is 48.2 Å². The van der Waals surface area contributed by atoms with Crippen LogP contribution in [0.3, 0.4) is 0 Å². The van der Waals surface area contributed by atoms with Gasteiger partial charge in [0.05, 0.1) is 5.69 Å². The number of nitrogens with two attached hydrogens (primary N) is 1. The summed E-state index contributed by atoms with van der Waals surface area (Å²) in [6, 6.07) is 2.05. The van der Waals surface area contributed by atoms with Crippen molar-refractivity contribution in [1.82, 2.24) is 14.2 Å². The van der Waals surface area contributed by atoms with Crippen LogP contribution in [0.15, 0.2) is 18.5 Å². The van der Waals surface area contributed by atoms with Gasteiger partial charge in [0.25, 0.3) is 0 Å². The molecule has 0 aliphatic carbocycles. The summed E-state index contributed by atoms with van der Waals surface area (Å²) >= 11 is 0. The third-order valence-electron chi connectivity index (χ3n) is 1.89. The van der Waals surface area contributed by atoms with E-state index in [4.69, 9.17) is 5.73 Å². The molecule has 2 N–H and O–H groups in total. The number of fused-ring (bicyclic) bond motifs is 1. The van der Waals surface area contributed by atoms with Crippen LogP contribution in [0.4, 0.5) is 0 Å². The number of nitrogens with zero attached hydrogens (tertiary/aromatic N) is 3. The Morgan fingerprint density at radius 2 is 2.33 bits per heavy atom. The summed E-state index contributed by atoms with van der Waals surface area (Å²) in [5.74, 6) is 0. The first-order valence-electron chi connectivity index (χ1n) is 4.02. The zero-order valence-corrected chi connectivity index (χ0v) is 7.07. The smallest absolute Gasteiger partial charge is 0.136 e. The van der Waals surface area contributed by atoms with E-state index < -0.39 is 0 Å². The van der Waals surface area contributed by atoms with Crippen molar-refractivity contribution in [3.63, 3.8) is 0 Å². The van der Waals surface area contributed by atoms with Gasteiger partial charge in [-0.15, -0.1) is 0 Å². The summed E-state index contributed by atoms with van der Waals surface area (Å²) in [5, 5.41) is 4.27. The molecule has 2 aromatic heterocycles. The Labute approximate surface area is 70.6 Å². The minimum atomic E-state index is 0.661. The second kappa shape index (κ2) is 2.64. The molecule has 0 fully saturated rings. The van der Waals surface area contributed by atoms with Gasteiger partial charge in [-0.1, -0.05) is 0 Å². The standard InChI is InChI=1S/C8H12N4/c1-7-6-8-11(3-2-9)4-5-12(8)10-7/h4-6H,2-3,9H2,1H3. The van der Waals surface area contributed by atoms with Crippen LogP contribution in [0.1, 0.15) is 5.69 Å². The van der Waals surface area contributed by atoms with E-state index >= 15 is 0 Å². The second-order valence-electron chi connectivity index (χ2n) is 2.87. The van der Waals surface area contributed by atoms with Gasteiger partial charge >= 0.3 is 0 Å². The lowest BCUT2D eigenvalue weighted by Crippen LogP contribution is -2.08. The highest BCUT2D eigenvalue weighted by atomic mass is 15.3. The highest BCUT2D eigenvalue weighted by Crippen LogP contribution is 2.06.